The van der Waals surface area contributed by atoms with E-state index < -0.39 is 17.7 Å². The predicted molar refractivity (Wildman–Crippen MR) is 76.5 cm³/mol. The number of carboxylic acids is 1. The molecule has 5 nitrogen and oxygen atoms in total. The molecule has 2 aromatic rings. The lowest BCUT2D eigenvalue weighted by Gasteiger charge is -2.09. The zero-order chi connectivity index (χ0) is 15.4. The number of anilines is 2. The molecule has 2 rings (SSSR count). The van der Waals surface area contributed by atoms with Crippen LogP contribution in [0.2, 0.25) is 0 Å². The first-order valence-electron chi connectivity index (χ1n) is 6.13. The first-order chi connectivity index (χ1) is 9.95. The average molecular weight is 288 g/mol. The Bertz CT molecular complexity index is 684. The van der Waals surface area contributed by atoms with E-state index in [1.54, 1.807) is 24.3 Å². The summed E-state index contributed by atoms with van der Waals surface area (Å²) in [5.41, 5.74) is 6.64. The number of hydrogen-bond donors (Lipinski definition) is 3. The van der Waals surface area contributed by atoms with Crippen LogP contribution < -0.4 is 11.1 Å². The van der Waals surface area contributed by atoms with Crippen molar-refractivity contribution in [1.29, 1.82) is 0 Å². The maximum absolute atomic E-state index is 13.0. The van der Waals surface area contributed by atoms with Crippen LogP contribution in [0.25, 0.3) is 0 Å². The summed E-state index contributed by atoms with van der Waals surface area (Å²) in [6.45, 7) is 0. The lowest BCUT2D eigenvalue weighted by Crippen LogP contribution is -2.17. The highest BCUT2D eigenvalue weighted by Crippen LogP contribution is 2.17. The first-order valence-corrected chi connectivity index (χ1v) is 6.13. The highest BCUT2D eigenvalue weighted by molar-refractivity contribution is 6.01. The van der Waals surface area contributed by atoms with Crippen LogP contribution in [0, 0.1) is 5.82 Å². The molecule has 0 aliphatic heterocycles. The van der Waals surface area contributed by atoms with Crippen LogP contribution in [0.15, 0.2) is 42.5 Å². The fraction of sp³-hybridized carbons (Fsp3) is 0.0667. The zero-order valence-corrected chi connectivity index (χ0v) is 11.0. The number of amides is 1. The number of benzene rings is 2. The summed E-state index contributed by atoms with van der Waals surface area (Å²) in [5, 5.41) is 11.5. The highest BCUT2D eigenvalue weighted by atomic mass is 19.1. The van der Waals surface area contributed by atoms with Crippen molar-refractivity contribution in [3.05, 3.63) is 59.4 Å². The van der Waals surface area contributed by atoms with E-state index in [9.17, 15) is 14.0 Å². The minimum Gasteiger partial charge on any atom is -0.478 e. The lowest BCUT2D eigenvalue weighted by molar-refractivity contribution is -0.115. The third kappa shape index (κ3) is 3.79. The maximum Gasteiger partial charge on any atom is 0.337 e. The number of nitrogens with one attached hydrogen (secondary N) is 1. The van der Waals surface area contributed by atoms with Crippen molar-refractivity contribution < 1.29 is 19.1 Å². The molecule has 4 N–H and O–H groups in total. The first kappa shape index (κ1) is 14.5. The van der Waals surface area contributed by atoms with Gasteiger partial charge in [-0.1, -0.05) is 12.1 Å². The van der Waals surface area contributed by atoms with Crippen LogP contribution in [-0.4, -0.2) is 17.0 Å². The maximum atomic E-state index is 13.0. The molecule has 0 spiro atoms. The molecule has 0 atom stereocenters. The Hall–Kier alpha value is -2.89. The number of rotatable bonds is 4. The smallest absolute Gasteiger partial charge is 0.337 e. The van der Waals surface area contributed by atoms with Gasteiger partial charge in [0.15, 0.2) is 0 Å². The molecular formula is C15H13FN2O3. The second kappa shape index (κ2) is 6.04. The van der Waals surface area contributed by atoms with Gasteiger partial charge in [0.2, 0.25) is 5.91 Å². The lowest BCUT2D eigenvalue weighted by atomic mass is 10.1. The monoisotopic (exact) mass is 288 g/mol. The van der Waals surface area contributed by atoms with Crippen LogP contribution in [-0.2, 0) is 11.2 Å². The number of hydrogen-bond acceptors (Lipinski definition) is 3. The van der Waals surface area contributed by atoms with Crippen LogP contribution >= 0.6 is 0 Å². The van der Waals surface area contributed by atoms with Gasteiger partial charge in [-0.2, -0.15) is 0 Å². The summed E-state index contributed by atoms with van der Waals surface area (Å²) in [4.78, 5) is 22.9. The van der Waals surface area contributed by atoms with Crippen LogP contribution in [0.1, 0.15) is 15.9 Å². The van der Waals surface area contributed by atoms with E-state index in [1.807, 2.05) is 0 Å². The molecule has 0 heterocycles. The highest BCUT2D eigenvalue weighted by Gasteiger charge is 2.13. The minimum absolute atomic E-state index is 0.0596. The van der Waals surface area contributed by atoms with Crippen molar-refractivity contribution >= 4 is 23.3 Å². The van der Waals surface area contributed by atoms with Gasteiger partial charge in [-0.25, -0.2) is 9.18 Å². The number of carbonyl (C=O) groups is 2. The second-order valence-corrected chi connectivity index (χ2v) is 4.46. The normalized spacial score (nSPS) is 10.1. The molecule has 0 saturated heterocycles. The fourth-order valence-electron chi connectivity index (χ4n) is 1.82. The van der Waals surface area contributed by atoms with Crippen LogP contribution in [0.3, 0.4) is 0 Å². The second-order valence-electron chi connectivity index (χ2n) is 4.46. The molecule has 0 radical (unpaired) electrons. The third-order valence-corrected chi connectivity index (χ3v) is 2.83. The Morgan fingerprint density at radius 3 is 2.43 bits per heavy atom. The number of nitrogens with two attached hydrogens (primary N) is 1. The number of carbonyl (C=O) groups excluding carboxylic acids is 1. The molecule has 6 heteroatoms. The molecule has 108 valence electrons. The van der Waals surface area contributed by atoms with Crippen LogP contribution in [0.4, 0.5) is 15.8 Å². The molecule has 0 aliphatic carbocycles. The molecule has 2 aromatic carbocycles. The number of halogens is 1. The van der Waals surface area contributed by atoms with Gasteiger partial charge in [-0.15, -0.1) is 0 Å². The van der Waals surface area contributed by atoms with Crippen molar-refractivity contribution in [2.75, 3.05) is 11.1 Å². The summed E-state index contributed by atoms with van der Waals surface area (Å²) in [6, 6.07) is 9.92. The van der Waals surface area contributed by atoms with Gasteiger partial charge in [-0.3, -0.25) is 4.79 Å². The summed E-state index contributed by atoms with van der Waals surface area (Å²) >= 11 is 0. The van der Waals surface area contributed by atoms with Gasteiger partial charge in [0.1, 0.15) is 5.82 Å². The summed E-state index contributed by atoms with van der Waals surface area (Å²) < 4.78 is 13.0. The van der Waals surface area contributed by atoms with E-state index >= 15 is 0 Å². The van der Waals surface area contributed by atoms with E-state index in [4.69, 9.17) is 10.8 Å². The quantitative estimate of drug-likeness (QED) is 0.752. The molecule has 0 fully saturated rings. The van der Waals surface area contributed by atoms with Crippen LogP contribution in [0.5, 0.6) is 0 Å². The molecular weight excluding hydrogens is 275 g/mol. The third-order valence-electron chi connectivity index (χ3n) is 2.83. The van der Waals surface area contributed by atoms with Gasteiger partial charge in [0.25, 0.3) is 0 Å². The Morgan fingerprint density at radius 2 is 1.81 bits per heavy atom. The van der Waals surface area contributed by atoms with Gasteiger partial charge < -0.3 is 16.2 Å². The summed E-state index contributed by atoms with van der Waals surface area (Å²) in [5.74, 6) is -2.38. The molecule has 0 saturated carbocycles. The van der Waals surface area contributed by atoms with Crippen molar-refractivity contribution in [1.82, 2.24) is 0 Å². The van der Waals surface area contributed by atoms with Crippen molar-refractivity contribution in [3.63, 3.8) is 0 Å². The zero-order valence-electron chi connectivity index (χ0n) is 11.0. The van der Waals surface area contributed by atoms with E-state index in [2.05, 4.69) is 5.32 Å². The standard InChI is InChI=1S/C15H13FN2O3/c16-10-3-6-13(12(8-10)15(20)21)18-14(19)7-9-1-4-11(17)5-2-9/h1-6,8H,7,17H2,(H,18,19)(H,20,21). The largest absolute Gasteiger partial charge is 0.478 e. The fourth-order valence-corrected chi connectivity index (χ4v) is 1.82. The number of aromatic carboxylic acids is 1. The summed E-state index contributed by atoms with van der Waals surface area (Å²) in [7, 11) is 0. The van der Waals surface area contributed by atoms with Gasteiger partial charge >= 0.3 is 5.97 Å². The van der Waals surface area contributed by atoms with E-state index in [1.165, 1.54) is 6.07 Å². The number of nitrogen functional groups attached to an aromatic ring is 1. The van der Waals surface area contributed by atoms with E-state index in [-0.39, 0.29) is 17.7 Å². The van der Waals surface area contributed by atoms with Gasteiger partial charge in [0.05, 0.1) is 17.7 Å². The Balaban J connectivity index is 2.12. The number of carboxylic acid groups (broad SMARTS) is 1. The molecule has 0 bridgehead atoms. The SMILES string of the molecule is Nc1ccc(CC(=O)Nc2ccc(F)cc2C(=O)O)cc1. The van der Waals surface area contributed by atoms with Crippen molar-refractivity contribution in [3.8, 4) is 0 Å². The van der Waals surface area contributed by atoms with E-state index in [0.29, 0.717) is 5.69 Å². The molecule has 0 aliphatic rings. The Kier molecular flexibility index (Phi) is 4.18. The van der Waals surface area contributed by atoms with Crippen molar-refractivity contribution in [2.45, 2.75) is 6.42 Å². The molecule has 0 aromatic heterocycles. The molecule has 21 heavy (non-hydrogen) atoms. The van der Waals surface area contributed by atoms with E-state index in [0.717, 1.165) is 17.7 Å². The molecule has 1 amide bonds. The Labute approximate surface area is 120 Å². The molecule has 0 unspecified atom stereocenters. The van der Waals surface area contributed by atoms with Crippen molar-refractivity contribution in [2.24, 2.45) is 0 Å². The summed E-state index contributed by atoms with van der Waals surface area (Å²) in [6.07, 6.45) is 0.0662. The van der Waals surface area contributed by atoms with Gasteiger partial charge in [-0.05, 0) is 35.9 Å². The van der Waals surface area contributed by atoms with Gasteiger partial charge in [0, 0.05) is 5.69 Å². The minimum atomic E-state index is -1.31. The topological polar surface area (TPSA) is 92.4 Å². The predicted octanol–water partition coefficient (Wildman–Crippen LogP) is 2.29. The average Bonchev–Trinajstić information content (AvgIpc) is 2.43. The Morgan fingerprint density at radius 1 is 1.14 bits per heavy atom.